The van der Waals surface area contributed by atoms with Gasteiger partial charge in [0.05, 0.1) is 0 Å². The first-order valence-corrected chi connectivity index (χ1v) is 6.65. The van der Waals surface area contributed by atoms with Crippen molar-refractivity contribution in [2.45, 2.75) is 11.4 Å². The normalized spacial score (nSPS) is 10.7. The Hall–Kier alpha value is -0.650. The van der Waals surface area contributed by atoms with E-state index in [1.807, 2.05) is 30.3 Å². The fourth-order valence-electron chi connectivity index (χ4n) is 1.41. The van der Waals surface area contributed by atoms with E-state index in [4.69, 9.17) is 0 Å². The average Bonchev–Trinajstić information content (AvgIpc) is 2.39. The summed E-state index contributed by atoms with van der Waals surface area (Å²) in [5.41, 5.74) is 0.881. The Morgan fingerprint density at radius 2 is 1.33 bits per heavy atom. The second kappa shape index (κ2) is 7.07. The molecule has 0 unspecified atom stereocenters. The zero-order chi connectivity index (χ0) is 12.1. The third-order valence-corrected chi connectivity index (χ3v) is 3.64. The second-order valence-corrected chi connectivity index (χ2v) is 5.24. The van der Waals surface area contributed by atoms with Gasteiger partial charge < -0.3 is 4.72 Å². The molecule has 0 fully saturated rings. The first-order chi connectivity index (χ1) is 8.18. The summed E-state index contributed by atoms with van der Waals surface area (Å²) in [7, 11) is -3.53. The van der Waals surface area contributed by atoms with Crippen molar-refractivity contribution < 1.29 is 38.0 Å². The number of benzene rings is 2. The third kappa shape index (κ3) is 4.23. The fraction of sp³-hybridized carbons (Fsp3) is 0.0769. The quantitative estimate of drug-likeness (QED) is 0.731. The van der Waals surface area contributed by atoms with Crippen LogP contribution in [0, 0.1) is 0 Å². The van der Waals surface area contributed by atoms with Gasteiger partial charge in [-0.25, -0.2) is 8.42 Å². The second-order valence-electron chi connectivity index (χ2n) is 3.56. The Morgan fingerprint density at radius 3 is 1.89 bits per heavy atom. The van der Waals surface area contributed by atoms with Crippen LogP contribution in [-0.2, 0) is 16.6 Å². The van der Waals surface area contributed by atoms with E-state index < -0.39 is 10.0 Å². The van der Waals surface area contributed by atoms with Gasteiger partial charge in [0.2, 0.25) is 0 Å². The summed E-state index contributed by atoms with van der Waals surface area (Å²) < 4.78 is 27.4. The van der Waals surface area contributed by atoms with E-state index in [9.17, 15) is 8.42 Å². The summed E-state index contributed by atoms with van der Waals surface area (Å²) in [5.74, 6) is 0. The van der Waals surface area contributed by atoms with Gasteiger partial charge in [0, 0.05) is 4.90 Å². The van der Waals surface area contributed by atoms with Crippen LogP contribution in [0.2, 0.25) is 0 Å². The minimum absolute atomic E-state index is 0. The molecule has 0 heterocycles. The van der Waals surface area contributed by atoms with Crippen molar-refractivity contribution in [3.05, 3.63) is 70.9 Å². The van der Waals surface area contributed by atoms with Crippen LogP contribution in [0.3, 0.4) is 0 Å². The molecule has 0 aromatic heterocycles. The van der Waals surface area contributed by atoms with Crippen LogP contribution >= 0.6 is 0 Å². The van der Waals surface area contributed by atoms with E-state index in [-0.39, 0.29) is 41.0 Å². The monoisotopic (exact) mass is 269 g/mol. The van der Waals surface area contributed by atoms with E-state index >= 15 is 0 Å². The molecule has 0 N–H and O–H groups in total. The van der Waals surface area contributed by atoms with Crippen molar-refractivity contribution in [2.24, 2.45) is 0 Å². The number of sulfonamides is 1. The van der Waals surface area contributed by atoms with Gasteiger partial charge in [-0.1, -0.05) is 54.1 Å². The fourth-order valence-corrected chi connectivity index (χ4v) is 2.38. The summed E-state index contributed by atoms with van der Waals surface area (Å²) in [4.78, 5) is 0.232. The molecule has 0 radical (unpaired) electrons. The Labute approximate surface area is 130 Å². The summed E-state index contributed by atoms with van der Waals surface area (Å²) in [6.07, 6.45) is 0. The van der Waals surface area contributed by atoms with Gasteiger partial charge in [0.25, 0.3) is 0 Å². The molecule has 5 heteroatoms. The minimum Gasteiger partial charge on any atom is -0.541 e. The Balaban J connectivity index is 0.00000162. The molecule has 0 atom stereocenters. The minimum atomic E-state index is -3.53. The average molecular weight is 269 g/mol. The van der Waals surface area contributed by atoms with Gasteiger partial charge in [-0.05, 0) is 12.1 Å². The van der Waals surface area contributed by atoms with Gasteiger partial charge >= 0.3 is 29.6 Å². The van der Waals surface area contributed by atoms with Gasteiger partial charge in [0.15, 0.2) is 0 Å². The molecule has 88 valence electrons. The molecule has 0 bridgehead atoms. The predicted molar refractivity (Wildman–Crippen MR) is 67.1 cm³/mol. The maximum atomic E-state index is 11.8. The zero-order valence-electron chi connectivity index (χ0n) is 10.2. The molecule has 0 saturated heterocycles. The summed E-state index contributed by atoms with van der Waals surface area (Å²) in [6.45, 7) is 0.179. The predicted octanol–water partition coefficient (Wildman–Crippen LogP) is -0.0468. The molecule has 0 aliphatic carbocycles. The standard InChI is InChI=1S/C13H12NO2S.Na/c15-17(16,13-9-5-2-6-10-13)14-11-12-7-3-1-4-8-12;/h1-10H,11H2;/q-1;+1. The SMILES string of the molecule is O=S(=O)([N-]Cc1ccccc1)c1ccccc1.[Na+]. The van der Waals surface area contributed by atoms with Crippen molar-refractivity contribution in [1.29, 1.82) is 0 Å². The molecule has 0 saturated carbocycles. The van der Waals surface area contributed by atoms with E-state index in [1.54, 1.807) is 30.3 Å². The Kier molecular flexibility index (Phi) is 6.05. The first kappa shape index (κ1) is 15.4. The van der Waals surface area contributed by atoms with Crippen molar-refractivity contribution in [3.8, 4) is 0 Å². The van der Waals surface area contributed by atoms with Crippen LogP contribution in [0.4, 0.5) is 0 Å². The maximum Gasteiger partial charge on any atom is 1.00 e. The van der Waals surface area contributed by atoms with Crippen LogP contribution < -0.4 is 29.6 Å². The maximum absolute atomic E-state index is 11.8. The molecule has 0 aliphatic heterocycles. The van der Waals surface area contributed by atoms with Crippen LogP contribution in [-0.4, -0.2) is 8.42 Å². The van der Waals surface area contributed by atoms with Crippen LogP contribution in [0.1, 0.15) is 5.56 Å². The van der Waals surface area contributed by atoms with Crippen molar-refractivity contribution in [1.82, 2.24) is 0 Å². The van der Waals surface area contributed by atoms with Crippen LogP contribution in [0.15, 0.2) is 65.6 Å². The van der Waals surface area contributed by atoms with E-state index in [2.05, 4.69) is 4.72 Å². The Morgan fingerprint density at radius 1 is 0.833 bits per heavy atom. The molecular weight excluding hydrogens is 257 g/mol. The molecule has 0 aliphatic rings. The molecule has 2 rings (SSSR count). The van der Waals surface area contributed by atoms with E-state index in [0.717, 1.165) is 5.56 Å². The van der Waals surface area contributed by atoms with Gasteiger partial charge in [-0.3, -0.25) is 0 Å². The molecule has 2 aromatic carbocycles. The van der Waals surface area contributed by atoms with Crippen molar-refractivity contribution >= 4 is 10.0 Å². The van der Waals surface area contributed by atoms with Crippen LogP contribution in [0.25, 0.3) is 4.72 Å². The first-order valence-electron chi connectivity index (χ1n) is 5.21. The van der Waals surface area contributed by atoms with Gasteiger partial charge in [-0.2, -0.15) is 0 Å². The molecular formula is C13H12NNaO2S. The molecule has 0 spiro atoms. The third-order valence-electron chi connectivity index (χ3n) is 2.30. The number of hydrogen-bond donors (Lipinski definition) is 0. The van der Waals surface area contributed by atoms with Crippen molar-refractivity contribution in [2.75, 3.05) is 0 Å². The van der Waals surface area contributed by atoms with Crippen LogP contribution in [0.5, 0.6) is 0 Å². The molecule has 18 heavy (non-hydrogen) atoms. The number of rotatable bonds is 4. The summed E-state index contributed by atoms with van der Waals surface area (Å²) in [5, 5.41) is 0. The van der Waals surface area contributed by atoms with E-state index in [1.165, 1.54) is 0 Å². The molecule has 2 aromatic rings. The Bertz CT molecular complexity index is 570. The summed E-state index contributed by atoms with van der Waals surface area (Å²) >= 11 is 0. The zero-order valence-corrected chi connectivity index (χ0v) is 13.0. The molecule has 0 amide bonds. The topological polar surface area (TPSA) is 48.2 Å². The van der Waals surface area contributed by atoms with Gasteiger partial charge in [0.1, 0.15) is 10.0 Å². The number of nitrogens with zero attached hydrogens (tertiary/aromatic N) is 1. The van der Waals surface area contributed by atoms with Gasteiger partial charge in [-0.15, -0.1) is 6.54 Å². The number of hydrogen-bond acceptors (Lipinski definition) is 2. The van der Waals surface area contributed by atoms with Crippen molar-refractivity contribution in [3.63, 3.8) is 0 Å². The summed E-state index contributed by atoms with van der Waals surface area (Å²) in [6, 6.07) is 17.5. The van der Waals surface area contributed by atoms with E-state index in [0.29, 0.717) is 0 Å². The molecule has 3 nitrogen and oxygen atoms in total. The largest absolute Gasteiger partial charge is 1.00 e. The smallest absolute Gasteiger partial charge is 0.541 e.